The second-order valence-electron chi connectivity index (χ2n) is 7.95. The summed E-state index contributed by atoms with van der Waals surface area (Å²) in [4.78, 5) is 62.2. The van der Waals surface area contributed by atoms with Gasteiger partial charge in [-0.3, -0.25) is 24.5 Å². The van der Waals surface area contributed by atoms with Crippen LogP contribution in [-0.4, -0.2) is 28.4 Å². The summed E-state index contributed by atoms with van der Waals surface area (Å²) >= 11 is 0. The quantitative estimate of drug-likeness (QED) is 0.124. The van der Waals surface area contributed by atoms with Gasteiger partial charge >= 0.3 is 5.97 Å². The third kappa shape index (κ3) is 5.16. The second kappa shape index (κ2) is 10.5. The van der Waals surface area contributed by atoms with Crippen molar-refractivity contribution in [2.75, 3.05) is 5.32 Å². The van der Waals surface area contributed by atoms with Gasteiger partial charge in [-0.1, -0.05) is 54.6 Å². The van der Waals surface area contributed by atoms with E-state index in [1.54, 1.807) is 48.5 Å². The average Bonchev–Trinajstić information content (AvgIpc) is 3.24. The van der Waals surface area contributed by atoms with Crippen LogP contribution in [0, 0.1) is 27.4 Å². The Bertz CT molecular complexity index is 1510. The molecule has 1 heterocycles. The van der Waals surface area contributed by atoms with Crippen LogP contribution in [-0.2, 0) is 19.1 Å². The van der Waals surface area contributed by atoms with Crippen LogP contribution in [0.25, 0.3) is 6.08 Å². The summed E-state index contributed by atoms with van der Waals surface area (Å²) in [6, 6.07) is 19.8. The molecule has 0 spiro atoms. The van der Waals surface area contributed by atoms with Gasteiger partial charge in [0.25, 0.3) is 11.6 Å². The van der Waals surface area contributed by atoms with Crippen LogP contribution >= 0.6 is 0 Å². The molecule has 10 nitrogen and oxygen atoms in total. The minimum Gasteiger partial charge on any atom is -0.453 e. The van der Waals surface area contributed by atoms with E-state index in [0.29, 0.717) is 5.56 Å². The Labute approximate surface area is 209 Å². The molecule has 0 saturated heterocycles. The zero-order chi connectivity index (χ0) is 26.5. The molecular weight excluding hydrogens is 478 g/mol. The van der Waals surface area contributed by atoms with Crippen LogP contribution in [0.4, 0.5) is 11.4 Å². The maximum absolute atomic E-state index is 13.3. The number of nitro groups is 1. The summed E-state index contributed by atoms with van der Waals surface area (Å²) < 4.78 is 5.35. The molecule has 1 N–H and O–H groups in total. The molecule has 10 heteroatoms. The number of nitrogens with zero attached hydrogens (tertiary/aromatic N) is 2. The number of hydrogen-bond donors (Lipinski definition) is 1. The Balaban J connectivity index is 1.67. The lowest BCUT2D eigenvalue weighted by Gasteiger charge is -2.20. The lowest BCUT2D eigenvalue weighted by Crippen LogP contribution is -2.37. The van der Waals surface area contributed by atoms with Gasteiger partial charge in [0, 0.05) is 17.7 Å². The summed E-state index contributed by atoms with van der Waals surface area (Å²) in [5.41, 5.74) is 0.344. The molecule has 0 radical (unpaired) electrons. The van der Waals surface area contributed by atoms with Crippen molar-refractivity contribution in [3.63, 3.8) is 0 Å². The van der Waals surface area contributed by atoms with Crippen LogP contribution in [0.5, 0.6) is 0 Å². The molecule has 1 aliphatic rings. The van der Waals surface area contributed by atoms with Gasteiger partial charge in [-0.15, -0.1) is 0 Å². The number of nitrogens with one attached hydrogen (secondary N) is 1. The third-order valence-corrected chi connectivity index (χ3v) is 5.66. The minimum atomic E-state index is -1.71. The highest BCUT2D eigenvalue weighted by molar-refractivity contribution is 6.45. The Hall–Kier alpha value is -5.43. The van der Waals surface area contributed by atoms with Gasteiger partial charge in [-0.25, -0.2) is 4.79 Å². The maximum Gasteiger partial charge on any atom is 0.339 e. The molecule has 0 bridgehead atoms. The van der Waals surface area contributed by atoms with Crippen molar-refractivity contribution < 1.29 is 28.8 Å². The number of fused-ring (bicyclic) bond motifs is 1. The topological polar surface area (TPSA) is 156 Å². The number of ether oxygens (including phenoxy) is 1. The number of cyclic esters (lactones) is 1. The van der Waals surface area contributed by atoms with E-state index in [2.05, 4.69) is 5.32 Å². The highest BCUT2D eigenvalue weighted by Gasteiger charge is 2.45. The van der Waals surface area contributed by atoms with Crippen molar-refractivity contribution >= 4 is 40.9 Å². The van der Waals surface area contributed by atoms with Crippen LogP contribution in [0.2, 0.25) is 0 Å². The van der Waals surface area contributed by atoms with Crippen molar-refractivity contribution in [3.05, 3.63) is 111 Å². The number of allylic oxidation sites excluding steroid dienone is 1. The van der Waals surface area contributed by atoms with E-state index in [1.165, 1.54) is 18.2 Å². The van der Waals surface area contributed by atoms with Gasteiger partial charge in [0.1, 0.15) is 18.1 Å². The first-order valence-electron chi connectivity index (χ1n) is 10.9. The van der Waals surface area contributed by atoms with Gasteiger partial charge in [0.2, 0.25) is 5.78 Å². The van der Waals surface area contributed by atoms with E-state index in [-0.39, 0.29) is 28.1 Å². The molecule has 1 aliphatic heterocycles. The van der Waals surface area contributed by atoms with E-state index < -0.39 is 40.4 Å². The molecule has 2 atom stereocenters. The zero-order valence-electron chi connectivity index (χ0n) is 19.0. The lowest BCUT2D eigenvalue weighted by molar-refractivity contribution is -0.384. The number of amides is 1. The summed E-state index contributed by atoms with van der Waals surface area (Å²) in [6.45, 7) is 0. The summed E-state index contributed by atoms with van der Waals surface area (Å²) in [7, 11) is 0. The monoisotopic (exact) mass is 495 g/mol. The maximum atomic E-state index is 13.3. The predicted molar refractivity (Wildman–Crippen MR) is 130 cm³/mol. The van der Waals surface area contributed by atoms with Gasteiger partial charge < -0.3 is 10.1 Å². The van der Waals surface area contributed by atoms with Crippen molar-refractivity contribution in [2.24, 2.45) is 5.92 Å². The fourth-order valence-electron chi connectivity index (χ4n) is 3.86. The average molecular weight is 495 g/mol. The third-order valence-electron chi connectivity index (χ3n) is 5.66. The largest absolute Gasteiger partial charge is 0.453 e. The molecule has 0 aromatic heterocycles. The number of Topliss-reactive ketones (excluding diaryl/α,β-unsaturated/α-hetero) is 1. The fraction of sp³-hybridized carbons (Fsp3) is 0.0741. The summed E-state index contributed by atoms with van der Waals surface area (Å²) in [6.07, 6.45) is 1.25. The molecule has 1 amide bonds. The number of esters is 1. The summed E-state index contributed by atoms with van der Waals surface area (Å²) in [5, 5.41) is 22.6. The predicted octanol–water partition coefficient (Wildman–Crippen LogP) is 3.78. The van der Waals surface area contributed by atoms with Gasteiger partial charge in [-0.05, 0) is 23.8 Å². The van der Waals surface area contributed by atoms with E-state index in [1.807, 2.05) is 0 Å². The number of ketones is 2. The Morgan fingerprint density at radius 1 is 1.05 bits per heavy atom. The normalized spacial score (nSPS) is 14.8. The fourth-order valence-corrected chi connectivity index (χ4v) is 3.86. The second-order valence-corrected chi connectivity index (χ2v) is 7.95. The molecule has 0 aliphatic carbocycles. The van der Waals surface area contributed by atoms with Crippen LogP contribution in [0.15, 0.2) is 78.9 Å². The van der Waals surface area contributed by atoms with Crippen molar-refractivity contribution in [3.8, 4) is 6.07 Å². The number of benzene rings is 3. The number of carbonyl (C=O) groups excluding carboxylic acids is 4. The van der Waals surface area contributed by atoms with Crippen molar-refractivity contribution in [1.82, 2.24) is 0 Å². The van der Waals surface area contributed by atoms with Crippen molar-refractivity contribution in [1.29, 1.82) is 5.26 Å². The molecule has 37 heavy (non-hydrogen) atoms. The number of nitriles is 1. The molecule has 0 saturated carbocycles. The molecule has 0 fully saturated rings. The number of carbonyl (C=O) groups is 4. The van der Waals surface area contributed by atoms with Gasteiger partial charge in [-0.2, -0.15) is 5.26 Å². The van der Waals surface area contributed by atoms with Gasteiger partial charge in [0.05, 0.1) is 21.7 Å². The van der Waals surface area contributed by atoms with E-state index >= 15 is 0 Å². The van der Waals surface area contributed by atoms with E-state index in [4.69, 9.17) is 4.74 Å². The molecule has 4 rings (SSSR count). The first kappa shape index (κ1) is 24.7. The molecule has 182 valence electrons. The number of anilines is 1. The molecule has 2 unspecified atom stereocenters. The first-order valence-corrected chi connectivity index (χ1v) is 10.9. The number of hydrogen-bond acceptors (Lipinski definition) is 8. The van der Waals surface area contributed by atoms with E-state index in [9.17, 15) is 34.6 Å². The Morgan fingerprint density at radius 2 is 1.76 bits per heavy atom. The molecular formula is C27H17N3O7. The smallest absolute Gasteiger partial charge is 0.339 e. The van der Waals surface area contributed by atoms with Crippen LogP contribution < -0.4 is 5.32 Å². The van der Waals surface area contributed by atoms with E-state index in [0.717, 1.165) is 24.3 Å². The number of rotatable bonds is 8. The lowest BCUT2D eigenvalue weighted by atomic mass is 9.86. The Kier molecular flexibility index (Phi) is 6.97. The SMILES string of the molecule is N#Cc1cc([N+](=O)[O-])ccc1NC(=O)C(=O)C(C(=O)/C=C\c1ccccc1)C1OC(=O)c2ccccc21. The minimum absolute atomic E-state index is 0.152. The highest BCUT2D eigenvalue weighted by atomic mass is 16.6. The first-order chi connectivity index (χ1) is 17.8. The van der Waals surface area contributed by atoms with Crippen LogP contribution in [0.1, 0.15) is 33.2 Å². The zero-order valence-corrected chi connectivity index (χ0v) is 19.0. The standard InChI is InChI=1S/C27H17N3O7/c28-15-17-14-18(30(35)36)11-12-21(17)29-26(33)24(32)23(22(31)13-10-16-6-2-1-3-7-16)25-19-8-4-5-9-20(19)27(34)37-25/h1-14,23,25H,(H,29,33)/b13-10-. The number of non-ortho nitro benzene ring substituents is 1. The van der Waals surface area contributed by atoms with Crippen LogP contribution in [0.3, 0.4) is 0 Å². The number of nitro benzene ring substituents is 1. The summed E-state index contributed by atoms with van der Waals surface area (Å²) in [5.74, 6) is -5.68. The molecule has 3 aromatic carbocycles. The Morgan fingerprint density at radius 3 is 2.46 bits per heavy atom. The highest BCUT2D eigenvalue weighted by Crippen LogP contribution is 2.37. The van der Waals surface area contributed by atoms with Crippen molar-refractivity contribution in [2.45, 2.75) is 6.10 Å². The van der Waals surface area contributed by atoms with Gasteiger partial charge in [0.15, 0.2) is 5.78 Å². The molecule has 3 aromatic rings.